The molecular weight excluding hydrogens is 500 g/mol. The van der Waals surface area contributed by atoms with Crippen LogP contribution >= 0.6 is 0 Å². The average Bonchev–Trinajstić information content (AvgIpc) is 3.49. The molecule has 1 aromatic heterocycles. The molecule has 0 radical (unpaired) electrons. The number of nitrogens with zero attached hydrogens (tertiary/aromatic N) is 3. The van der Waals surface area contributed by atoms with Gasteiger partial charge < -0.3 is 28.8 Å². The van der Waals surface area contributed by atoms with Crippen molar-refractivity contribution in [3.05, 3.63) is 35.7 Å². The molecule has 1 fully saturated rings. The lowest BCUT2D eigenvalue weighted by Gasteiger charge is -2.21. The van der Waals surface area contributed by atoms with Crippen LogP contribution in [-0.4, -0.2) is 72.0 Å². The van der Waals surface area contributed by atoms with E-state index in [-0.39, 0.29) is 30.4 Å². The zero-order valence-electron chi connectivity index (χ0n) is 23.8. The standard InChI is InChI=1S/C29H38N4O6/c1-28(2,26(35)31-18-13-24(32(5)17-18)29(3,4)27(36)38-7)10-12-39-23-15-21-20(14-22(23)37-6)25(34)33-11-8-9-19(33)16-30-21/h13-17,19H,8-12H2,1-7H3,(H,31,35)/p+1. The third-order valence-electron chi connectivity index (χ3n) is 7.69. The molecule has 2 aliphatic heterocycles. The third kappa shape index (κ3) is 5.51. The Hall–Kier alpha value is -3.82. The lowest BCUT2D eigenvalue weighted by atomic mass is 9.89. The first kappa shape index (κ1) is 28.2. The predicted octanol–water partition coefficient (Wildman–Crippen LogP) is 2.97. The van der Waals surface area contributed by atoms with Gasteiger partial charge in [-0.05, 0) is 53.0 Å². The molecule has 2 aromatic rings. The van der Waals surface area contributed by atoms with Crippen LogP contribution in [0.15, 0.2) is 29.4 Å². The molecule has 10 heteroatoms. The second-order valence-electron chi connectivity index (χ2n) is 11.3. The number of ether oxygens (including phenoxy) is 3. The maximum atomic E-state index is 13.1. The van der Waals surface area contributed by atoms with E-state index in [9.17, 15) is 14.7 Å². The zero-order chi connectivity index (χ0) is 28.5. The number of carbonyl (C=O) groups excluding carboxylic acids is 2. The van der Waals surface area contributed by atoms with Crippen LogP contribution in [0.5, 0.6) is 11.5 Å². The highest BCUT2D eigenvalue weighted by Gasteiger charge is 2.36. The number of aromatic nitrogens is 1. The topological polar surface area (TPSA) is 117 Å². The highest BCUT2D eigenvalue weighted by atomic mass is 16.5. The monoisotopic (exact) mass is 539 g/mol. The summed E-state index contributed by atoms with van der Waals surface area (Å²) in [4.78, 5) is 34.9. The minimum atomic E-state index is -0.847. The molecule has 2 N–H and O–H groups in total. The normalized spacial score (nSPS) is 17.5. The number of benzene rings is 1. The van der Waals surface area contributed by atoms with Crippen molar-refractivity contribution >= 4 is 35.4 Å². The summed E-state index contributed by atoms with van der Waals surface area (Å²) < 4.78 is 18.4. The van der Waals surface area contributed by atoms with E-state index < -0.39 is 10.8 Å². The Morgan fingerprint density at radius 2 is 1.92 bits per heavy atom. The van der Waals surface area contributed by atoms with Crippen LogP contribution in [-0.2, 0) is 22.0 Å². The number of fused-ring (bicyclic) bond motifs is 2. The minimum Gasteiger partial charge on any atom is -0.493 e. The van der Waals surface area contributed by atoms with Crippen molar-refractivity contribution in [1.82, 2.24) is 9.47 Å². The number of rotatable bonds is 9. The first-order chi connectivity index (χ1) is 18.4. The van der Waals surface area contributed by atoms with Gasteiger partial charge >= 0.3 is 11.9 Å². The highest BCUT2D eigenvalue weighted by Crippen LogP contribution is 2.38. The number of hydrogen-bond acceptors (Lipinski definition) is 6. The Bertz CT molecular complexity index is 1320. The second kappa shape index (κ2) is 10.7. The van der Waals surface area contributed by atoms with Gasteiger partial charge in [-0.3, -0.25) is 14.6 Å². The molecular formula is C29H39N4O6+. The summed E-state index contributed by atoms with van der Waals surface area (Å²) in [5, 5.41) is 10.9. The Balaban J connectivity index is 1.47. The Kier molecular flexibility index (Phi) is 7.77. The lowest BCUT2D eigenvalue weighted by Crippen LogP contribution is -2.69. The molecule has 10 nitrogen and oxygen atoms in total. The van der Waals surface area contributed by atoms with Crippen LogP contribution in [0.3, 0.4) is 0 Å². The molecule has 3 heterocycles. The Morgan fingerprint density at radius 3 is 2.62 bits per heavy atom. The molecule has 1 atom stereocenters. The molecule has 39 heavy (non-hydrogen) atoms. The fourth-order valence-corrected chi connectivity index (χ4v) is 5.07. The smallest absolute Gasteiger partial charge is 0.343 e. The van der Waals surface area contributed by atoms with Crippen LogP contribution in [0.2, 0.25) is 0 Å². The number of aliphatic hydroxyl groups is 1. The number of aliphatic hydroxyl groups excluding tert-OH is 1. The lowest BCUT2D eigenvalue weighted by molar-refractivity contribution is -0.372. The molecule has 4 rings (SSSR count). The van der Waals surface area contributed by atoms with Crippen LogP contribution in [0.4, 0.5) is 11.4 Å². The molecule has 2 aliphatic rings. The quantitative estimate of drug-likeness (QED) is 0.288. The van der Waals surface area contributed by atoms with Crippen molar-refractivity contribution < 1.29 is 33.9 Å². The number of aryl methyl sites for hydroxylation is 1. The van der Waals surface area contributed by atoms with Gasteiger partial charge in [0.05, 0.1) is 49.7 Å². The van der Waals surface area contributed by atoms with Gasteiger partial charge in [0.1, 0.15) is 5.41 Å². The maximum absolute atomic E-state index is 13.1. The fraction of sp³-hybridized carbons (Fsp3) is 0.517. The van der Waals surface area contributed by atoms with Crippen LogP contribution < -0.4 is 14.5 Å². The maximum Gasteiger partial charge on any atom is 0.343 e. The number of nitrogens with one attached hydrogen (secondary N) is 1. The van der Waals surface area contributed by atoms with E-state index in [2.05, 4.69) is 9.98 Å². The fourth-order valence-electron chi connectivity index (χ4n) is 5.07. The summed E-state index contributed by atoms with van der Waals surface area (Å²) in [7, 11) is 4.75. The van der Waals surface area contributed by atoms with Gasteiger partial charge in [0.25, 0.3) is 5.91 Å². The summed E-state index contributed by atoms with van der Waals surface area (Å²) >= 11 is 0. The first-order valence-electron chi connectivity index (χ1n) is 13.2. The third-order valence-corrected chi connectivity index (χ3v) is 7.69. The van der Waals surface area contributed by atoms with E-state index in [0.29, 0.717) is 34.9 Å². The SMILES string of the molecule is COC(=O)C(C)(C)c1cc([NH+]=C(O)C(C)(C)CCOc2cc3c(cc2OC)C(=O)N2CCCC2C=N3)cn1C. The second-order valence-corrected chi connectivity index (χ2v) is 11.3. The van der Waals surface area contributed by atoms with E-state index in [4.69, 9.17) is 14.2 Å². The van der Waals surface area contributed by atoms with E-state index >= 15 is 0 Å². The Morgan fingerprint density at radius 1 is 1.18 bits per heavy atom. The van der Waals surface area contributed by atoms with E-state index in [1.807, 2.05) is 48.8 Å². The number of amides is 1. The zero-order valence-corrected chi connectivity index (χ0v) is 23.8. The van der Waals surface area contributed by atoms with E-state index in [1.54, 1.807) is 33.1 Å². The molecule has 1 amide bonds. The summed E-state index contributed by atoms with van der Waals surface area (Å²) in [5.74, 6) is 0.641. The number of aliphatic imine (C=N–C) groups is 1. The van der Waals surface area contributed by atoms with Gasteiger partial charge in [-0.15, -0.1) is 0 Å². The van der Waals surface area contributed by atoms with Gasteiger partial charge in [0.2, 0.25) is 5.69 Å². The summed E-state index contributed by atoms with van der Waals surface area (Å²) in [5.41, 5.74) is 0.989. The van der Waals surface area contributed by atoms with Gasteiger partial charge in [0, 0.05) is 37.6 Å². The molecule has 0 bridgehead atoms. The van der Waals surface area contributed by atoms with Gasteiger partial charge in [-0.25, -0.2) is 0 Å². The molecule has 0 aliphatic carbocycles. The summed E-state index contributed by atoms with van der Waals surface area (Å²) in [6.45, 7) is 8.42. The van der Waals surface area contributed by atoms with Crippen molar-refractivity contribution in [2.75, 3.05) is 27.4 Å². The van der Waals surface area contributed by atoms with Crippen molar-refractivity contribution in [1.29, 1.82) is 0 Å². The van der Waals surface area contributed by atoms with Crippen LogP contribution in [0.1, 0.15) is 63.0 Å². The number of hydrogen-bond donors (Lipinski definition) is 2. The molecule has 1 unspecified atom stereocenters. The summed E-state index contributed by atoms with van der Waals surface area (Å²) in [6.07, 6.45) is 6.03. The Labute approximate surface area is 229 Å². The predicted molar refractivity (Wildman–Crippen MR) is 148 cm³/mol. The molecule has 0 saturated carbocycles. The van der Waals surface area contributed by atoms with Crippen LogP contribution in [0, 0.1) is 5.41 Å². The summed E-state index contributed by atoms with van der Waals surface area (Å²) in [6, 6.07) is 5.30. The van der Waals surface area contributed by atoms with Crippen molar-refractivity contribution in [2.24, 2.45) is 17.5 Å². The van der Waals surface area contributed by atoms with Gasteiger partial charge in [0.15, 0.2) is 11.5 Å². The first-order valence-corrected chi connectivity index (χ1v) is 13.2. The molecule has 1 saturated heterocycles. The van der Waals surface area contributed by atoms with Gasteiger partial charge in [-0.1, -0.05) is 0 Å². The molecule has 1 aromatic carbocycles. The van der Waals surface area contributed by atoms with Crippen LogP contribution in [0.25, 0.3) is 0 Å². The van der Waals surface area contributed by atoms with Gasteiger partial charge in [-0.2, -0.15) is 4.99 Å². The molecule has 0 spiro atoms. The van der Waals surface area contributed by atoms with Crippen molar-refractivity contribution in [2.45, 2.75) is 58.4 Å². The number of esters is 1. The number of methoxy groups -OCH3 is 2. The van der Waals surface area contributed by atoms with Crippen molar-refractivity contribution in [3.8, 4) is 11.5 Å². The number of carbonyl (C=O) groups is 2. The highest BCUT2D eigenvalue weighted by molar-refractivity contribution is 6.03. The average molecular weight is 540 g/mol. The molecule has 210 valence electrons. The van der Waals surface area contributed by atoms with E-state index in [0.717, 1.165) is 25.1 Å². The minimum absolute atomic E-state index is 0.0271. The van der Waals surface area contributed by atoms with E-state index in [1.165, 1.54) is 7.11 Å². The van der Waals surface area contributed by atoms with Crippen molar-refractivity contribution in [3.63, 3.8) is 0 Å². The largest absolute Gasteiger partial charge is 0.493 e.